The lowest BCUT2D eigenvalue weighted by molar-refractivity contribution is 0.111. The summed E-state index contributed by atoms with van der Waals surface area (Å²) >= 11 is 5.45. The van der Waals surface area contributed by atoms with Crippen molar-refractivity contribution in [2.75, 3.05) is 12.4 Å². The number of anilines is 1. The van der Waals surface area contributed by atoms with Crippen molar-refractivity contribution in [1.29, 1.82) is 0 Å². The summed E-state index contributed by atoms with van der Waals surface area (Å²) < 4.78 is 17.5. The number of ether oxygens (including phenoxy) is 3. The Morgan fingerprint density at radius 2 is 1.88 bits per heavy atom. The average Bonchev–Trinajstić information content (AvgIpc) is 2.81. The highest BCUT2D eigenvalue weighted by atomic mass is 32.1. The molecule has 0 saturated heterocycles. The summed E-state index contributed by atoms with van der Waals surface area (Å²) in [6.07, 6.45) is 0.621. The quantitative estimate of drug-likeness (QED) is 0.345. The van der Waals surface area contributed by atoms with E-state index in [1.165, 1.54) is 5.56 Å². The van der Waals surface area contributed by atoms with Gasteiger partial charge in [-0.2, -0.15) is 5.10 Å². The first-order valence-corrected chi connectivity index (χ1v) is 11.5. The van der Waals surface area contributed by atoms with E-state index in [2.05, 4.69) is 34.9 Å². The van der Waals surface area contributed by atoms with Crippen molar-refractivity contribution < 1.29 is 14.2 Å². The van der Waals surface area contributed by atoms with E-state index in [9.17, 15) is 0 Å². The lowest BCUT2D eigenvalue weighted by atomic mass is 9.92. The highest BCUT2D eigenvalue weighted by molar-refractivity contribution is 7.80. The number of benzene rings is 3. The van der Waals surface area contributed by atoms with Gasteiger partial charge in [0, 0.05) is 23.7 Å². The predicted molar refractivity (Wildman–Crippen MR) is 140 cm³/mol. The van der Waals surface area contributed by atoms with Crippen LogP contribution in [0.4, 0.5) is 5.69 Å². The third kappa shape index (κ3) is 5.85. The summed E-state index contributed by atoms with van der Waals surface area (Å²) in [5, 5.41) is 8.15. The summed E-state index contributed by atoms with van der Waals surface area (Å²) in [6.45, 7) is 6.67. The van der Waals surface area contributed by atoms with Crippen LogP contribution in [0.3, 0.4) is 0 Å². The van der Waals surface area contributed by atoms with E-state index in [0.717, 1.165) is 39.8 Å². The SMILES string of the molecule is COc1cccc(NC(=S)N/N=C2\CC(C)(C)Oc3ccc(OCc4ccccc4C)cc32)c1. The van der Waals surface area contributed by atoms with E-state index < -0.39 is 0 Å². The molecule has 7 heteroatoms. The van der Waals surface area contributed by atoms with Crippen LogP contribution < -0.4 is 25.0 Å². The summed E-state index contributed by atoms with van der Waals surface area (Å²) in [6, 6.07) is 21.6. The molecule has 34 heavy (non-hydrogen) atoms. The van der Waals surface area contributed by atoms with E-state index in [0.29, 0.717) is 18.1 Å². The lowest BCUT2D eigenvalue weighted by Gasteiger charge is -2.33. The van der Waals surface area contributed by atoms with Crippen LogP contribution in [0.25, 0.3) is 0 Å². The van der Waals surface area contributed by atoms with Crippen LogP contribution in [0, 0.1) is 6.92 Å². The van der Waals surface area contributed by atoms with Gasteiger partial charge in [0.1, 0.15) is 29.5 Å². The molecule has 1 heterocycles. The molecule has 176 valence electrons. The number of nitrogens with zero attached hydrogens (tertiary/aromatic N) is 1. The zero-order valence-corrected chi connectivity index (χ0v) is 20.7. The van der Waals surface area contributed by atoms with E-state index in [-0.39, 0.29) is 5.60 Å². The summed E-state index contributed by atoms with van der Waals surface area (Å²) in [5.41, 5.74) is 7.49. The van der Waals surface area contributed by atoms with Crippen LogP contribution in [-0.4, -0.2) is 23.5 Å². The van der Waals surface area contributed by atoms with Gasteiger partial charge >= 0.3 is 0 Å². The summed E-state index contributed by atoms with van der Waals surface area (Å²) in [7, 11) is 1.63. The Bertz CT molecular complexity index is 1220. The highest BCUT2D eigenvalue weighted by Crippen LogP contribution is 2.35. The van der Waals surface area contributed by atoms with Gasteiger partial charge in [0.25, 0.3) is 0 Å². The molecule has 0 fully saturated rings. The van der Waals surface area contributed by atoms with Gasteiger partial charge in [0.05, 0.1) is 12.8 Å². The van der Waals surface area contributed by atoms with Crippen molar-refractivity contribution in [2.24, 2.45) is 5.10 Å². The van der Waals surface area contributed by atoms with Crippen LogP contribution in [0.15, 0.2) is 71.8 Å². The third-order valence-electron chi connectivity index (χ3n) is 5.52. The molecule has 0 amide bonds. The normalized spacial score (nSPS) is 15.1. The number of hydrogen-bond acceptors (Lipinski definition) is 5. The molecule has 3 aromatic rings. The van der Waals surface area contributed by atoms with Gasteiger partial charge < -0.3 is 19.5 Å². The monoisotopic (exact) mass is 475 g/mol. The number of fused-ring (bicyclic) bond motifs is 1. The Morgan fingerprint density at radius 1 is 1.06 bits per heavy atom. The van der Waals surface area contributed by atoms with Crippen molar-refractivity contribution in [3.8, 4) is 17.2 Å². The standard InChI is InChI=1S/C27H29N3O3S/c1-18-8-5-6-9-19(18)17-32-22-12-13-25-23(15-22)24(16-27(2,3)33-25)29-30-26(34)28-20-10-7-11-21(14-20)31-4/h5-15H,16-17H2,1-4H3,(H2,28,30,34)/b29-24+. The maximum atomic E-state index is 6.19. The van der Waals surface area contributed by atoms with Crippen molar-refractivity contribution in [3.63, 3.8) is 0 Å². The topological polar surface area (TPSA) is 64.1 Å². The Labute approximate surface area is 205 Å². The fraction of sp³-hybridized carbons (Fsp3) is 0.259. The van der Waals surface area contributed by atoms with Crippen LogP contribution in [0.1, 0.15) is 37.0 Å². The number of rotatable bonds is 6. The Morgan fingerprint density at radius 3 is 2.68 bits per heavy atom. The zero-order valence-electron chi connectivity index (χ0n) is 19.8. The van der Waals surface area contributed by atoms with E-state index in [4.69, 9.17) is 26.4 Å². The molecule has 0 radical (unpaired) electrons. The Hall–Kier alpha value is -3.58. The third-order valence-corrected chi connectivity index (χ3v) is 5.71. The number of nitrogens with one attached hydrogen (secondary N) is 2. The van der Waals surface area contributed by atoms with Gasteiger partial charge in [-0.05, 0) is 74.4 Å². The molecule has 3 aromatic carbocycles. The van der Waals surface area contributed by atoms with Crippen LogP contribution in [0.2, 0.25) is 0 Å². The van der Waals surface area contributed by atoms with Crippen molar-refractivity contribution in [1.82, 2.24) is 5.43 Å². The minimum Gasteiger partial charge on any atom is -0.497 e. The van der Waals surface area contributed by atoms with Crippen LogP contribution in [-0.2, 0) is 6.61 Å². The molecule has 0 spiro atoms. The molecule has 0 aliphatic carbocycles. The lowest BCUT2D eigenvalue weighted by Crippen LogP contribution is -2.37. The molecule has 0 atom stereocenters. The molecule has 0 aromatic heterocycles. The average molecular weight is 476 g/mol. The van der Waals surface area contributed by atoms with Crippen molar-refractivity contribution >= 4 is 28.7 Å². The van der Waals surface area contributed by atoms with Crippen LogP contribution >= 0.6 is 12.2 Å². The Kier molecular flexibility index (Phi) is 7.03. The number of methoxy groups -OCH3 is 1. The van der Waals surface area contributed by atoms with Gasteiger partial charge in [0.2, 0.25) is 0 Å². The fourth-order valence-electron chi connectivity index (χ4n) is 3.76. The number of hydrazone groups is 1. The minimum atomic E-state index is -0.390. The maximum Gasteiger partial charge on any atom is 0.191 e. The van der Waals surface area contributed by atoms with Crippen LogP contribution in [0.5, 0.6) is 17.2 Å². The molecular weight excluding hydrogens is 446 g/mol. The molecule has 1 aliphatic rings. The molecular formula is C27H29N3O3S. The summed E-state index contributed by atoms with van der Waals surface area (Å²) in [4.78, 5) is 0. The maximum absolute atomic E-state index is 6.19. The molecule has 0 unspecified atom stereocenters. The van der Waals surface area contributed by atoms with Gasteiger partial charge in [-0.15, -0.1) is 0 Å². The number of aryl methyl sites for hydroxylation is 1. The van der Waals surface area contributed by atoms with Gasteiger partial charge in [0.15, 0.2) is 5.11 Å². The predicted octanol–water partition coefficient (Wildman–Crippen LogP) is 5.83. The second kappa shape index (κ2) is 10.1. The zero-order chi connectivity index (χ0) is 24.1. The largest absolute Gasteiger partial charge is 0.497 e. The smallest absolute Gasteiger partial charge is 0.191 e. The molecule has 0 saturated carbocycles. The highest BCUT2D eigenvalue weighted by Gasteiger charge is 2.31. The van der Waals surface area contributed by atoms with Gasteiger partial charge in [-0.1, -0.05) is 30.3 Å². The second-order valence-corrected chi connectivity index (χ2v) is 9.18. The second-order valence-electron chi connectivity index (χ2n) is 8.77. The fourth-order valence-corrected chi connectivity index (χ4v) is 3.92. The van der Waals surface area contributed by atoms with Crippen molar-refractivity contribution in [2.45, 2.75) is 39.4 Å². The first-order chi connectivity index (χ1) is 16.3. The minimum absolute atomic E-state index is 0.388. The first-order valence-electron chi connectivity index (χ1n) is 11.1. The summed E-state index contributed by atoms with van der Waals surface area (Å²) in [5.74, 6) is 2.28. The van der Waals surface area contributed by atoms with E-state index in [1.807, 2.05) is 68.4 Å². The first kappa shape index (κ1) is 23.6. The molecule has 0 bridgehead atoms. The Balaban J connectivity index is 1.51. The van der Waals surface area contributed by atoms with Crippen molar-refractivity contribution in [3.05, 3.63) is 83.4 Å². The number of thiocarbonyl (C=S) groups is 1. The molecule has 6 nitrogen and oxygen atoms in total. The molecule has 4 rings (SSSR count). The van der Waals surface area contributed by atoms with E-state index >= 15 is 0 Å². The van der Waals surface area contributed by atoms with E-state index in [1.54, 1.807) is 7.11 Å². The van der Waals surface area contributed by atoms with Gasteiger partial charge in [-0.3, -0.25) is 5.43 Å². The van der Waals surface area contributed by atoms with Gasteiger partial charge in [-0.25, -0.2) is 0 Å². The molecule has 2 N–H and O–H groups in total. The molecule has 1 aliphatic heterocycles. The number of hydrogen-bond donors (Lipinski definition) is 2.